The Morgan fingerprint density at radius 2 is 1.91 bits per heavy atom. The van der Waals surface area contributed by atoms with Crippen LogP contribution >= 0.6 is 11.8 Å². The first-order chi connectivity index (χ1) is 17.1. The number of rotatable bonds is 6. The average Bonchev–Trinajstić information content (AvgIpc) is 3.44. The van der Waals surface area contributed by atoms with Gasteiger partial charge in [0.15, 0.2) is 5.50 Å². The first-order valence-electron chi connectivity index (χ1n) is 12.1. The third kappa shape index (κ3) is 5.19. The maximum atomic E-state index is 12.4. The largest absolute Gasteiger partial charge is 0.457 e. The minimum Gasteiger partial charge on any atom is -0.457 e. The van der Waals surface area contributed by atoms with Crippen molar-refractivity contribution in [3.8, 4) is 11.5 Å². The molecule has 8 nitrogen and oxygen atoms in total. The number of anilines is 1. The number of ether oxygens (including phenoxy) is 2. The van der Waals surface area contributed by atoms with Crippen LogP contribution in [0.15, 0.2) is 59.8 Å². The first kappa shape index (κ1) is 23.4. The third-order valence-corrected chi connectivity index (χ3v) is 7.63. The fraction of sp³-hybridized carbons (Fsp3) is 0.385. The van der Waals surface area contributed by atoms with E-state index in [-0.39, 0.29) is 23.7 Å². The Kier molecular flexibility index (Phi) is 7.03. The quantitative estimate of drug-likeness (QED) is 0.532. The zero-order valence-corrected chi connectivity index (χ0v) is 20.6. The number of hydrogen-bond acceptors (Lipinski definition) is 6. The van der Waals surface area contributed by atoms with E-state index in [4.69, 9.17) is 9.47 Å². The summed E-state index contributed by atoms with van der Waals surface area (Å²) in [6.07, 6.45) is 8.97. The summed E-state index contributed by atoms with van der Waals surface area (Å²) in [4.78, 5) is 29.3. The van der Waals surface area contributed by atoms with Gasteiger partial charge in [-0.25, -0.2) is 9.59 Å². The zero-order chi connectivity index (χ0) is 24.2. The predicted octanol–water partition coefficient (Wildman–Crippen LogP) is 5.75. The van der Waals surface area contributed by atoms with Gasteiger partial charge in [0, 0.05) is 41.5 Å². The van der Waals surface area contributed by atoms with Gasteiger partial charge in [-0.1, -0.05) is 49.2 Å². The van der Waals surface area contributed by atoms with Crippen molar-refractivity contribution in [1.29, 1.82) is 0 Å². The molecule has 0 saturated heterocycles. The van der Waals surface area contributed by atoms with Crippen molar-refractivity contribution in [3.63, 3.8) is 0 Å². The predicted molar refractivity (Wildman–Crippen MR) is 135 cm³/mol. The molecule has 9 heteroatoms. The van der Waals surface area contributed by atoms with E-state index in [9.17, 15) is 9.59 Å². The van der Waals surface area contributed by atoms with Crippen molar-refractivity contribution in [2.45, 2.75) is 62.0 Å². The normalized spacial score (nSPS) is 18.7. The Balaban J connectivity index is 1.23. The molecule has 35 heavy (non-hydrogen) atoms. The molecular formula is C26H30N4O4S. The van der Waals surface area contributed by atoms with Gasteiger partial charge in [-0.3, -0.25) is 4.90 Å². The van der Waals surface area contributed by atoms with Crippen LogP contribution in [0.3, 0.4) is 0 Å². The van der Waals surface area contributed by atoms with E-state index in [1.807, 2.05) is 53.6 Å². The molecule has 3 aliphatic rings. The molecule has 1 saturated carbocycles. The lowest BCUT2D eigenvalue weighted by Gasteiger charge is -2.23. The SMILES string of the molecule is CCOC(=O)N1C=CN2c3cc(Oc4ccccc4CNC(=O)NC4CCCCC4)ccc3SC12. The summed E-state index contributed by atoms with van der Waals surface area (Å²) in [5, 5.41) is 6.06. The van der Waals surface area contributed by atoms with Gasteiger partial charge in [-0.05, 0) is 38.0 Å². The number of thioether (sulfide) groups is 1. The van der Waals surface area contributed by atoms with E-state index in [0.717, 1.165) is 29.0 Å². The minimum absolute atomic E-state index is 0.140. The number of carbonyl (C=O) groups is 2. The molecule has 184 valence electrons. The molecule has 0 radical (unpaired) electrons. The van der Waals surface area contributed by atoms with Crippen molar-refractivity contribution in [1.82, 2.24) is 15.5 Å². The highest BCUT2D eigenvalue weighted by molar-refractivity contribution is 8.00. The summed E-state index contributed by atoms with van der Waals surface area (Å²) < 4.78 is 11.4. The van der Waals surface area contributed by atoms with Crippen molar-refractivity contribution in [2.24, 2.45) is 0 Å². The molecule has 2 N–H and O–H groups in total. The lowest BCUT2D eigenvalue weighted by molar-refractivity contribution is 0.122. The summed E-state index contributed by atoms with van der Waals surface area (Å²) in [5.41, 5.74) is 1.68. The molecule has 3 amide bonds. The van der Waals surface area contributed by atoms with Crippen LogP contribution in [0.1, 0.15) is 44.6 Å². The zero-order valence-electron chi connectivity index (χ0n) is 19.7. The molecule has 1 aliphatic carbocycles. The number of fused-ring (bicyclic) bond motifs is 3. The first-order valence-corrected chi connectivity index (χ1v) is 13.0. The number of urea groups is 1. The highest BCUT2D eigenvalue weighted by Gasteiger charge is 2.39. The number of nitrogens with one attached hydrogen (secondary N) is 2. The summed E-state index contributed by atoms with van der Waals surface area (Å²) in [6, 6.07) is 13.7. The van der Waals surface area contributed by atoms with Crippen LogP contribution in [-0.2, 0) is 11.3 Å². The van der Waals surface area contributed by atoms with Gasteiger partial charge in [0.1, 0.15) is 11.5 Å². The van der Waals surface area contributed by atoms with Gasteiger partial charge >= 0.3 is 12.1 Å². The van der Waals surface area contributed by atoms with Crippen molar-refractivity contribution < 1.29 is 19.1 Å². The Hall–Kier alpha value is -3.33. The van der Waals surface area contributed by atoms with Crippen molar-refractivity contribution in [3.05, 3.63) is 60.4 Å². The monoisotopic (exact) mass is 494 g/mol. The molecule has 2 aromatic carbocycles. The summed E-state index contributed by atoms with van der Waals surface area (Å²) in [5.74, 6) is 1.38. The van der Waals surface area contributed by atoms with Crippen LogP contribution in [0.2, 0.25) is 0 Å². The maximum Gasteiger partial charge on any atom is 0.416 e. The number of carbonyl (C=O) groups excluding carboxylic acids is 2. The highest BCUT2D eigenvalue weighted by Crippen LogP contribution is 2.49. The Bertz CT molecular complexity index is 1120. The Morgan fingerprint density at radius 3 is 2.74 bits per heavy atom. The number of benzene rings is 2. The van der Waals surface area contributed by atoms with Gasteiger partial charge in [0.25, 0.3) is 0 Å². The standard InChI is InChI=1S/C26H30N4O4S/c1-2-33-26(32)30-15-14-29-21-16-20(12-13-23(21)35-25(29)30)34-22-11-7-6-8-18(22)17-27-24(31)28-19-9-4-3-5-10-19/h6-8,11-16,19,25H,2-5,9-10,17H2,1H3,(H2,27,28,31). The molecule has 0 bridgehead atoms. The van der Waals surface area contributed by atoms with E-state index >= 15 is 0 Å². The summed E-state index contributed by atoms with van der Waals surface area (Å²) >= 11 is 1.59. The number of amides is 3. The second kappa shape index (κ2) is 10.5. The van der Waals surface area contributed by atoms with Crippen molar-refractivity contribution >= 4 is 29.6 Å². The minimum atomic E-state index is -0.359. The van der Waals surface area contributed by atoms with Gasteiger partial charge in [0.05, 0.1) is 12.3 Å². The highest BCUT2D eigenvalue weighted by atomic mass is 32.2. The van der Waals surface area contributed by atoms with Crippen LogP contribution in [0.25, 0.3) is 0 Å². The molecule has 1 unspecified atom stereocenters. The molecule has 0 aromatic heterocycles. The molecule has 0 spiro atoms. The van der Waals surface area contributed by atoms with Gasteiger partial charge in [0.2, 0.25) is 0 Å². The van der Waals surface area contributed by atoms with E-state index < -0.39 is 0 Å². The van der Waals surface area contributed by atoms with E-state index in [1.165, 1.54) is 19.3 Å². The van der Waals surface area contributed by atoms with E-state index in [2.05, 4.69) is 10.6 Å². The van der Waals surface area contributed by atoms with Gasteiger partial charge in [-0.15, -0.1) is 0 Å². The summed E-state index contributed by atoms with van der Waals surface area (Å²) in [6.45, 7) is 2.51. The summed E-state index contributed by atoms with van der Waals surface area (Å²) in [7, 11) is 0. The van der Waals surface area contributed by atoms with Crippen molar-refractivity contribution in [2.75, 3.05) is 11.5 Å². The Morgan fingerprint density at radius 1 is 1.09 bits per heavy atom. The topological polar surface area (TPSA) is 83.1 Å². The van der Waals surface area contributed by atoms with Crippen LogP contribution in [0.5, 0.6) is 11.5 Å². The van der Waals surface area contributed by atoms with Crippen LogP contribution < -0.4 is 20.3 Å². The van der Waals surface area contributed by atoms with Gasteiger partial charge < -0.3 is 25.0 Å². The smallest absolute Gasteiger partial charge is 0.416 e. The molecule has 1 fully saturated rings. The molecule has 5 rings (SSSR count). The average molecular weight is 495 g/mol. The second-order valence-electron chi connectivity index (χ2n) is 8.76. The van der Waals surface area contributed by atoms with E-state index in [0.29, 0.717) is 24.7 Å². The van der Waals surface area contributed by atoms with E-state index in [1.54, 1.807) is 29.8 Å². The van der Waals surface area contributed by atoms with Crippen LogP contribution in [0.4, 0.5) is 15.3 Å². The number of nitrogens with zero attached hydrogens (tertiary/aromatic N) is 2. The maximum absolute atomic E-state index is 12.4. The second-order valence-corrected chi connectivity index (χ2v) is 9.85. The number of hydrogen-bond donors (Lipinski definition) is 2. The lowest BCUT2D eigenvalue weighted by atomic mass is 9.96. The fourth-order valence-electron chi connectivity index (χ4n) is 4.60. The van der Waals surface area contributed by atoms with Crippen LogP contribution in [-0.4, -0.2) is 35.2 Å². The molecule has 2 aliphatic heterocycles. The Labute approximate surface area is 209 Å². The number of para-hydroxylation sites is 1. The fourth-order valence-corrected chi connectivity index (χ4v) is 5.82. The third-order valence-electron chi connectivity index (χ3n) is 6.36. The lowest BCUT2D eigenvalue weighted by Crippen LogP contribution is -2.42. The molecule has 2 heterocycles. The molecule has 2 aromatic rings. The van der Waals surface area contributed by atoms with Gasteiger partial charge in [-0.2, -0.15) is 0 Å². The molecular weight excluding hydrogens is 464 g/mol. The van der Waals surface area contributed by atoms with Crippen LogP contribution in [0, 0.1) is 0 Å². The molecule has 1 atom stereocenters.